The van der Waals surface area contributed by atoms with Gasteiger partial charge in [0.25, 0.3) is 0 Å². The van der Waals surface area contributed by atoms with Crippen LogP contribution in [0.3, 0.4) is 0 Å². The largest absolute Gasteiger partial charge is 0.357 e. The van der Waals surface area contributed by atoms with E-state index in [0.29, 0.717) is 4.90 Å². The molecule has 2 N–H and O–H groups in total. The summed E-state index contributed by atoms with van der Waals surface area (Å²) in [6, 6.07) is 17.0. The lowest BCUT2D eigenvalue weighted by Crippen LogP contribution is -2.58. The molecule has 1 saturated heterocycles. The third-order valence-corrected chi connectivity index (χ3v) is 6.10. The summed E-state index contributed by atoms with van der Waals surface area (Å²) in [5, 5.41) is 1.21. The van der Waals surface area contributed by atoms with Gasteiger partial charge in [-0.1, -0.05) is 30.3 Å². The van der Waals surface area contributed by atoms with Gasteiger partial charge in [0.15, 0.2) is 0 Å². The minimum atomic E-state index is -3.43. The van der Waals surface area contributed by atoms with E-state index in [9.17, 15) is 8.42 Å². The maximum absolute atomic E-state index is 12.3. The van der Waals surface area contributed by atoms with Crippen LogP contribution in [0.2, 0.25) is 0 Å². The first kappa shape index (κ1) is 16.3. The molecular weight excluding hydrogens is 334 g/mol. The van der Waals surface area contributed by atoms with Crippen LogP contribution in [0.1, 0.15) is 11.3 Å². The maximum atomic E-state index is 12.3. The van der Waals surface area contributed by atoms with E-state index in [1.807, 2.05) is 6.07 Å². The Morgan fingerprint density at radius 2 is 1.88 bits per heavy atom. The van der Waals surface area contributed by atoms with Gasteiger partial charge in [-0.15, -0.1) is 0 Å². The summed E-state index contributed by atoms with van der Waals surface area (Å²) in [6.45, 7) is 4.33. The molecule has 0 radical (unpaired) electrons. The number of hydrogen-bond acceptors (Lipinski definition) is 3. The number of likely N-dealkylation sites (tertiary alicyclic amines) is 1. The number of nitrogens with one attached hydrogen (secondary N) is 2. The van der Waals surface area contributed by atoms with Crippen LogP contribution >= 0.6 is 0 Å². The summed E-state index contributed by atoms with van der Waals surface area (Å²) in [7, 11) is -3.43. The lowest BCUT2D eigenvalue weighted by molar-refractivity contribution is 0.131. The monoisotopic (exact) mass is 355 g/mol. The number of aromatic nitrogens is 1. The van der Waals surface area contributed by atoms with E-state index >= 15 is 0 Å². The van der Waals surface area contributed by atoms with Gasteiger partial charge in [0.05, 0.1) is 4.90 Å². The fourth-order valence-electron chi connectivity index (χ4n) is 3.29. The van der Waals surface area contributed by atoms with E-state index < -0.39 is 10.0 Å². The number of hydrogen-bond donors (Lipinski definition) is 2. The van der Waals surface area contributed by atoms with Crippen molar-refractivity contribution in [3.05, 3.63) is 65.9 Å². The predicted octanol–water partition coefficient (Wildman–Crippen LogP) is 2.64. The number of fused-ring (bicyclic) bond motifs is 1. The van der Waals surface area contributed by atoms with E-state index in [-0.39, 0.29) is 6.04 Å². The van der Waals surface area contributed by atoms with Crippen molar-refractivity contribution in [2.45, 2.75) is 24.4 Å². The molecule has 0 atom stereocenters. The molecule has 4 rings (SSSR count). The van der Waals surface area contributed by atoms with Crippen LogP contribution in [0, 0.1) is 6.92 Å². The SMILES string of the molecule is Cc1ccc2cc(CN3CC(NS(=O)(=O)c4ccccc4)C3)[nH]c2c1. The summed E-state index contributed by atoms with van der Waals surface area (Å²) in [4.78, 5) is 5.99. The third kappa shape index (κ3) is 3.46. The summed E-state index contributed by atoms with van der Waals surface area (Å²) in [5.74, 6) is 0. The normalized spacial score (nSPS) is 16.2. The van der Waals surface area contributed by atoms with Crippen LogP contribution in [0.4, 0.5) is 0 Å². The van der Waals surface area contributed by atoms with E-state index in [1.165, 1.54) is 10.9 Å². The Kier molecular flexibility index (Phi) is 4.11. The first-order chi connectivity index (χ1) is 12.0. The summed E-state index contributed by atoms with van der Waals surface area (Å²) >= 11 is 0. The first-order valence-electron chi connectivity index (χ1n) is 8.38. The zero-order valence-electron chi connectivity index (χ0n) is 14.1. The molecule has 0 amide bonds. The van der Waals surface area contributed by atoms with Crippen LogP contribution in [-0.4, -0.2) is 37.4 Å². The minimum Gasteiger partial charge on any atom is -0.357 e. The second-order valence-electron chi connectivity index (χ2n) is 6.71. The average molecular weight is 355 g/mol. The molecule has 130 valence electrons. The Morgan fingerprint density at radius 1 is 1.12 bits per heavy atom. The molecule has 1 aromatic heterocycles. The zero-order chi connectivity index (χ0) is 17.4. The zero-order valence-corrected chi connectivity index (χ0v) is 14.9. The molecule has 5 nitrogen and oxygen atoms in total. The average Bonchev–Trinajstić information content (AvgIpc) is 2.95. The number of aryl methyl sites for hydroxylation is 1. The molecule has 3 aromatic rings. The van der Waals surface area contributed by atoms with Crippen LogP contribution in [0.25, 0.3) is 10.9 Å². The molecule has 6 heteroatoms. The Hall–Kier alpha value is -2.15. The highest BCUT2D eigenvalue weighted by Gasteiger charge is 2.30. The van der Waals surface area contributed by atoms with Gasteiger partial charge in [0.1, 0.15) is 0 Å². The Balaban J connectivity index is 1.35. The quantitative estimate of drug-likeness (QED) is 0.739. The summed E-state index contributed by atoms with van der Waals surface area (Å²) in [6.07, 6.45) is 0. The standard InChI is InChI=1S/C19H21N3O2S/c1-14-7-8-15-10-16(20-19(15)9-14)11-22-12-17(13-22)21-25(23,24)18-5-3-2-4-6-18/h2-10,17,20-21H,11-13H2,1H3. The van der Waals surface area contributed by atoms with Gasteiger partial charge in [0.2, 0.25) is 10.0 Å². The van der Waals surface area contributed by atoms with E-state index in [4.69, 9.17) is 0 Å². The number of benzene rings is 2. The van der Waals surface area contributed by atoms with Crippen LogP contribution < -0.4 is 4.72 Å². The second-order valence-corrected chi connectivity index (χ2v) is 8.42. The smallest absolute Gasteiger partial charge is 0.240 e. The van der Waals surface area contributed by atoms with E-state index in [0.717, 1.165) is 30.8 Å². The number of sulfonamides is 1. The van der Waals surface area contributed by atoms with Gasteiger partial charge in [-0.2, -0.15) is 0 Å². The summed E-state index contributed by atoms with van der Waals surface area (Å²) in [5.41, 5.74) is 3.54. The molecule has 0 spiro atoms. The molecule has 25 heavy (non-hydrogen) atoms. The van der Waals surface area contributed by atoms with Gasteiger partial charge >= 0.3 is 0 Å². The predicted molar refractivity (Wildman–Crippen MR) is 98.9 cm³/mol. The Morgan fingerprint density at radius 3 is 2.64 bits per heavy atom. The topological polar surface area (TPSA) is 65.2 Å². The highest BCUT2D eigenvalue weighted by molar-refractivity contribution is 7.89. The van der Waals surface area contributed by atoms with Crippen LogP contribution in [0.5, 0.6) is 0 Å². The number of aromatic amines is 1. The van der Waals surface area contributed by atoms with Crippen molar-refractivity contribution in [1.29, 1.82) is 0 Å². The fourth-order valence-corrected chi connectivity index (χ4v) is 4.53. The lowest BCUT2D eigenvalue weighted by atomic mass is 10.1. The highest BCUT2D eigenvalue weighted by atomic mass is 32.2. The molecule has 1 aliphatic rings. The van der Waals surface area contributed by atoms with Gasteiger partial charge < -0.3 is 4.98 Å². The lowest BCUT2D eigenvalue weighted by Gasteiger charge is -2.39. The second kappa shape index (κ2) is 6.29. The molecule has 2 aromatic carbocycles. The molecular formula is C19H21N3O2S. The molecule has 1 fully saturated rings. The molecule has 2 heterocycles. The number of nitrogens with zero attached hydrogens (tertiary/aromatic N) is 1. The summed E-state index contributed by atoms with van der Waals surface area (Å²) < 4.78 is 27.4. The van der Waals surface area contributed by atoms with Crippen molar-refractivity contribution in [2.75, 3.05) is 13.1 Å². The number of H-pyrrole nitrogens is 1. The molecule has 1 aliphatic heterocycles. The van der Waals surface area contributed by atoms with Crippen molar-refractivity contribution in [3.63, 3.8) is 0 Å². The van der Waals surface area contributed by atoms with Crippen molar-refractivity contribution >= 4 is 20.9 Å². The molecule has 0 saturated carbocycles. The first-order valence-corrected chi connectivity index (χ1v) is 9.86. The van der Waals surface area contributed by atoms with Crippen LogP contribution in [-0.2, 0) is 16.6 Å². The third-order valence-electron chi connectivity index (χ3n) is 4.56. The Labute approximate surface area is 147 Å². The van der Waals surface area contributed by atoms with E-state index in [2.05, 4.69) is 45.8 Å². The molecule has 0 unspecified atom stereocenters. The van der Waals surface area contributed by atoms with Crippen molar-refractivity contribution in [1.82, 2.24) is 14.6 Å². The van der Waals surface area contributed by atoms with Crippen molar-refractivity contribution in [3.8, 4) is 0 Å². The number of rotatable bonds is 5. The maximum Gasteiger partial charge on any atom is 0.240 e. The van der Waals surface area contributed by atoms with Crippen molar-refractivity contribution < 1.29 is 8.42 Å². The molecule has 0 bridgehead atoms. The molecule has 0 aliphatic carbocycles. The van der Waals surface area contributed by atoms with Crippen molar-refractivity contribution in [2.24, 2.45) is 0 Å². The van der Waals surface area contributed by atoms with Gasteiger partial charge in [-0.25, -0.2) is 13.1 Å². The van der Waals surface area contributed by atoms with E-state index in [1.54, 1.807) is 24.3 Å². The van der Waals surface area contributed by atoms with Gasteiger partial charge in [-0.3, -0.25) is 4.90 Å². The van der Waals surface area contributed by atoms with Crippen LogP contribution in [0.15, 0.2) is 59.5 Å². The highest BCUT2D eigenvalue weighted by Crippen LogP contribution is 2.20. The van der Waals surface area contributed by atoms with Gasteiger partial charge in [-0.05, 0) is 42.1 Å². The fraction of sp³-hybridized carbons (Fsp3) is 0.263. The minimum absolute atomic E-state index is 0.0307. The van der Waals surface area contributed by atoms with Gasteiger partial charge in [0, 0.05) is 36.9 Å². The Bertz CT molecular complexity index is 990.